The van der Waals surface area contributed by atoms with E-state index in [1.807, 2.05) is 28.8 Å². The molecule has 3 rings (SSSR count). The van der Waals surface area contributed by atoms with Crippen LogP contribution >= 0.6 is 23.4 Å². The normalized spacial score (nSPS) is 17.5. The summed E-state index contributed by atoms with van der Waals surface area (Å²) in [4.78, 5) is 0. The molecule has 0 N–H and O–H groups in total. The van der Waals surface area contributed by atoms with Crippen molar-refractivity contribution in [2.45, 2.75) is 30.6 Å². The summed E-state index contributed by atoms with van der Waals surface area (Å²) in [6, 6.07) is 9.66. The maximum atomic E-state index is 8.79. The van der Waals surface area contributed by atoms with Gasteiger partial charge in [-0.3, -0.25) is 4.57 Å². The summed E-state index contributed by atoms with van der Waals surface area (Å²) in [7, 11) is 0. The van der Waals surface area contributed by atoms with Crippen molar-refractivity contribution in [1.29, 1.82) is 5.26 Å². The van der Waals surface area contributed by atoms with Gasteiger partial charge in [-0.2, -0.15) is 5.26 Å². The van der Waals surface area contributed by atoms with E-state index >= 15 is 0 Å². The lowest BCUT2D eigenvalue weighted by molar-refractivity contribution is 0.0953. The van der Waals surface area contributed by atoms with Crippen LogP contribution in [-0.2, 0) is 11.3 Å². The van der Waals surface area contributed by atoms with E-state index in [4.69, 9.17) is 21.6 Å². The van der Waals surface area contributed by atoms with Crippen LogP contribution in [0.5, 0.6) is 0 Å². The Bertz CT molecular complexity index is 674. The third-order valence-corrected chi connectivity index (χ3v) is 4.58. The largest absolute Gasteiger partial charge is 0.376 e. The lowest BCUT2D eigenvalue weighted by Crippen LogP contribution is -2.16. The van der Waals surface area contributed by atoms with Crippen molar-refractivity contribution in [3.63, 3.8) is 0 Å². The van der Waals surface area contributed by atoms with Crippen LogP contribution in [0.15, 0.2) is 29.4 Å². The standard InChI is InChI=1S/C15H15ClN4OS/c16-12-5-3-11(4-6-12)14-18-19-15(22-9-7-17)20(14)10-13-2-1-8-21-13/h3-6,13H,1-2,8-10H2/t13-/m1/s1. The fraction of sp³-hybridized carbons (Fsp3) is 0.400. The summed E-state index contributed by atoms with van der Waals surface area (Å²) < 4.78 is 7.77. The van der Waals surface area contributed by atoms with Crippen molar-refractivity contribution in [3.05, 3.63) is 29.3 Å². The van der Waals surface area contributed by atoms with Crippen LogP contribution in [0, 0.1) is 11.3 Å². The van der Waals surface area contributed by atoms with E-state index in [1.165, 1.54) is 11.8 Å². The molecule has 0 radical (unpaired) electrons. The van der Waals surface area contributed by atoms with E-state index in [2.05, 4.69) is 16.3 Å². The second-order valence-electron chi connectivity index (χ2n) is 5.01. The molecule has 7 heteroatoms. The van der Waals surface area contributed by atoms with E-state index in [0.717, 1.165) is 36.0 Å². The van der Waals surface area contributed by atoms with Crippen LogP contribution in [0.1, 0.15) is 12.8 Å². The number of halogens is 1. The molecule has 0 bridgehead atoms. The Morgan fingerprint density at radius 2 is 2.18 bits per heavy atom. The van der Waals surface area contributed by atoms with Crippen LogP contribution in [0.2, 0.25) is 5.02 Å². The average molecular weight is 335 g/mol. The van der Waals surface area contributed by atoms with E-state index in [-0.39, 0.29) is 6.10 Å². The van der Waals surface area contributed by atoms with Crippen LogP contribution in [0.4, 0.5) is 0 Å². The van der Waals surface area contributed by atoms with Gasteiger partial charge in [-0.1, -0.05) is 23.4 Å². The van der Waals surface area contributed by atoms with Crippen molar-refractivity contribution < 1.29 is 4.74 Å². The van der Waals surface area contributed by atoms with Gasteiger partial charge in [0.1, 0.15) is 0 Å². The zero-order valence-electron chi connectivity index (χ0n) is 11.9. The highest BCUT2D eigenvalue weighted by atomic mass is 35.5. The van der Waals surface area contributed by atoms with Crippen molar-refractivity contribution in [1.82, 2.24) is 14.8 Å². The molecule has 114 valence electrons. The molecule has 1 aliphatic heterocycles. The molecular weight excluding hydrogens is 320 g/mol. The fourth-order valence-corrected chi connectivity index (χ4v) is 3.20. The second-order valence-corrected chi connectivity index (χ2v) is 6.38. The third kappa shape index (κ3) is 3.43. The molecule has 1 aromatic carbocycles. The molecule has 1 atom stereocenters. The predicted molar refractivity (Wildman–Crippen MR) is 85.8 cm³/mol. The molecule has 0 saturated carbocycles. The Morgan fingerprint density at radius 1 is 1.36 bits per heavy atom. The van der Waals surface area contributed by atoms with Gasteiger partial charge in [-0.15, -0.1) is 10.2 Å². The smallest absolute Gasteiger partial charge is 0.192 e. The molecule has 0 amide bonds. The first-order chi connectivity index (χ1) is 10.8. The first kappa shape index (κ1) is 15.3. The molecule has 1 aromatic heterocycles. The molecule has 5 nitrogen and oxygen atoms in total. The minimum atomic E-state index is 0.184. The van der Waals surface area contributed by atoms with E-state index in [0.29, 0.717) is 17.3 Å². The SMILES string of the molecule is N#CCSc1nnc(-c2ccc(Cl)cc2)n1C[C@H]1CCCO1. The minimum Gasteiger partial charge on any atom is -0.376 e. The van der Waals surface area contributed by atoms with Gasteiger partial charge < -0.3 is 4.74 Å². The van der Waals surface area contributed by atoms with Crippen LogP contribution in [0.25, 0.3) is 11.4 Å². The number of nitrogens with zero attached hydrogens (tertiary/aromatic N) is 4. The first-order valence-electron chi connectivity index (χ1n) is 7.08. The number of aromatic nitrogens is 3. The van der Waals surface area contributed by atoms with Gasteiger partial charge in [-0.05, 0) is 37.1 Å². The van der Waals surface area contributed by atoms with Gasteiger partial charge in [0.2, 0.25) is 0 Å². The molecule has 0 spiro atoms. The van der Waals surface area contributed by atoms with Crippen LogP contribution in [-0.4, -0.2) is 33.2 Å². The molecule has 2 heterocycles. The fourth-order valence-electron chi connectivity index (χ4n) is 2.46. The summed E-state index contributed by atoms with van der Waals surface area (Å²) in [5.74, 6) is 1.14. The van der Waals surface area contributed by atoms with Gasteiger partial charge in [0.15, 0.2) is 11.0 Å². The Balaban J connectivity index is 1.92. The van der Waals surface area contributed by atoms with Crippen molar-refractivity contribution in [2.75, 3.05) is 12.4 Å². The third-order valence-electron chi connectivity index (χ3n) is 3.50. The Labute approximate surface area is 138 Å². The van der Waals surface area contributed by atoms with Crippen molar-refractivity contribution in [2.24, 2.45) is 0 Å². The van der Waals surface area contributed by atoms with Crippen molar-refractivity contribution in [3.8, 4) is 17.5 Å². The van der Waals surface area contributed by atoms with E-state index < -0.39 is 0 Å². The number of hydrogen-bond acceptors (Lipinski definition) is 5. The lowest BCUT2D eigenvalue weighted by Gasteiger charge is -2.14. The van der Waals surface area contributed by atoms with Crippen molar-refractivity contribution >= 4 is 23.4 Å². The van der Waals surface area contributed by atoms with Gasteiger partial charge in [0, 0.05) is 17.2 Å². The van der Waals surface area contributed by atoms with Gasteiger partial charge in [0.25, 0.3) is 0 Å². The predicted octanol–water partition coefficient (Wildman–Crippen LogP) is 3.39. The maximum Gasteiger partial charge on any atom is 0.192 e. The van der Waals surface area contributed by atoms with Crippen LogP contribution in [0.3, 0.4) is 0 Å². The molecule has 1 aliphatic rings. The highest BCUT2D eigenvalue weighted by molar-refractivity contribution is 7.99. The molecule has 2 aromatic rings. The minimum absolute atomic E-state index is 0.184. The molecule has 1 saturated heterocycles. The molecular formula is C15H15ClN4OS. The van der Waals surface area contributed by atoms with E-state index in [1.54, 1.807) is 0 Å². The number of thioether (sulfide) groups is 1. The van der Waals surface area contributed by atoms with E-state index in [9.17, 15) is 0 Å². The summed E-state index contributed by atoms with van der Waals surface area (Å²) in [6.45, 7) is 1.52. The topological polar surface area (TPSA) is 63.7 Å². The Kier molecular flexibility index (Phi) is 4.98. The lowest BCUT2D eigenvalue weighted by atomic mass is 10.2. The molecule has 0 aliphatic carbocycles. The quantitative estimate of drug-likeness (QED) is 0.784. The number of hydrogen-bond donors (Lipinski definition) is 0. The average Bonchev–Trinajstić information content (AvgIpc) is 3.17. The Hall–Kier alpha value is -1.55. The Morgan fingerprint density at radius 3 is 2.86 bits per heavy atom. The van der Waals surface area contributed by atoms with Gasteiger partial charge in [0.05, 0.1) is 24.5 Å². The number of nitriles is 1. The summed E-state index contributed by atoms with van der Waals surface area (Å²) in [6.07, 6.45) is 2.31. The number of benzene rings is 1. The highest BCUT2D eigenvalue weighted by Gasteiger charge is 2.21. The number of rotatable bonds is 5. The molecule has 0 unspecified atom stereocenters. The van der Waals surface area contributed by atoms with Crippen LogP contribution < -0.4 is 0 Å². The zero-order valence-corrected chi connectivity index (χ0v) is 13.5. The summed E-state index contributed by atoms with van der Waals surface area (Å²) >= 11 is 7.34. The second kappa shape index (κ2) is 7.14. The zero-order chi connectivity index (χ0) is 15.4. The van der Waals surface area contributed by atoms with Gasteiger partial charge >= 0.3 is 0 Å². The summed E-state index contributed by atoms with van der Waals surface area (Å²) in [5, 5.41) is 18.8. The summed E-state index contributed by atoms with van der Waals surface area (Å²) in [5.41, 5.74) is 0.957. The van der Waals surface area contributed by atoms with Gasteiger partial charge in [-0.25, -0.2) is 0 Å². The maximum absolute atomic E-state index is 8.79. The highest BCUT2D eigenvalue weighted by Crippen LogP contribution is 2.27. The molecule has 1 fully saturated rings. The number of ether oxygens (including phenoxy) is 1. The molecule has 22 heavy (non-hydrogen) atoms. The monoisotopic (exact) mass is 334 g/mol. The first-order valence-corrected chi connectivity index (χ1v) is 8.45.